The molecule has 0 spiro atoms. The summed E-state index contributed by atoms with van der Waals surface area (Å²) in [5.41, 5.74) is 0. The van der Waals surface area contributed by atoms with Gasteiger partial charge in [-0.1, -0.05) is 0 Å². The summed E-state index contributed by atoms with van der Waals surface area (Å²) in [6.45, 7) is 2.31. The molecule has 0 unspecified atom stereocenters. The van der Waals surface area contributed by atoms with Crippen LogP contribution >= 0.6 is 0 Å². The van der Waals surface area contributed by atoms with Gasteiger partial charge in [0, 0.05) is 12.1 Å². The smallest absolute Gasteiger partial charge is 0.132 e. The summed E-state index contributed by atoms with van der Waals surface area (Å²) in [6.07, 6.45) is 6.97. The van der Waals surface area contributed by atoms with Crippen molar-refractivity contribution in [3.8, 4) is 0 Å². The molecular formula is C10H14N3. The molecule has 1 aliphatic heterocycles. The van der Waals surface area contributed by atoms with Gasteiger partial charge in [0.05, 0.1) is 6.20 Å². The van der Waals surface area contributed by atoms with E-state index in [1.807, 2.05) is 0 Å². The molecule has 3 nitrogen and oxygen atoms in total. The number of piperidine rings is 1. The Morgan fingerprint density at radius 1 is 1.46 bits per heavy atom. The Hall–Kier alpha value is -0.960. The lowest BCUT2D eigenvalue weighted by Crippen LogP contribution is -2.29. The number of rotatable bonds is 1. The molecule has 1 fully saturated rings. The fraction of sp³-hybridized carbons (Fsp3) is 0.600. The van der Waals surface area contributed by atoms with Crippen LogP contribution in [0.3, 0.4) is 0 Å². The third kappa shape index (κ3) is 2.04. The van der Waals surface area contributed by atoms with Crippen LogP contribution in [0, 0.1) is 6.20 Å². The zero-order chi connectivity index (χ0) is 9.10. The molecule has 1 saturated heterocycles. The van der Waals surface area contributed by atoms with Crippen molar-refractivity contribution in [2.24, 2.45) is 0 Å². The molecule has 1 radical (unpaired) electrons. The SMILES string of the molecule is CN1CCC(c2n[c]ccn2)CC1. The normalized spacial score (nSPS) is 20.4. The van der Waals surface area contributed by atoms with Crippen LogP contribution in [0.5, 0.6) is 0 Å². The Labute approximate surface area is 78.8 Å². The molecule has 0 N–H and O–H groups in total. The van der Waals surface area contributed by atoms with E-state index >= 15 is 0 Å². The molecule has 0 aliphatic carbocycles. The number of aromatic nitrogens is 2. The minimum atomic E-state index is 0.550. The summed E-state index contributed by atoms with van der Waals surface area (Å²) in [5.74, 6) is 1.52. The second-order valence-electron chi connectivity index (χ2n) is 3.62. The van der Waals surface area contributed by atoms with Gasteiger partial charge in [0.1, 0.15) is 5.82 Å². The Kier molecular flexibility index (Phi) is 2.54. The predicted octanol–water partition coefficient (Wildman–Crippen LogP) is 1.09. The lowest BCUT2D eigenvalue weighted by molar-refractivity contribution is 0.251. The van der Waals surface area contributed by atoms with E-state index in [0.717, 1.165) is 18.9 Å². The van der Waals surface area contributed by atoms with Crippen LogP contribution in [-0.2, 0) is 0 Å². The maximum absolute atomic E-state index is 4.27. The van der Waals surface area contributed by atoms with Gasteiger partial charge in [-0.25, -0.2) is 9.97 Å². The largest absolute Gasteiger partial charge is 0.306 e. The average Bonchev–Trinajstić information content (AvgIpc) is 2.20. The molecule has 0 saturated carbocycles. The van der Waals surface area contributed by atoms with Gasteiger partial charge in [-0.05, 0) is 39.0 Å². The van der Waals surface area contributed by atoms with E-state index in [4.69, 9.17) is 0 Å². The quantitative estimate of drug-likeness (QED) is 0.641. The van der Waals surface area contributed by atoms with Gasteiger partial charge in [-0.2, -0.15) is 0 Å². The monoisotopic (exact) mass is 176 g/mol. The first-order chi connectivity index (χ1) is 6.36. The Balaban J connectivity index is 2.03. The highest BCUT2D eigenvalue weighted by Gasteiger charge is 2.19. The lowest BCUT2D eigenvalue weighted by Gasteiger charge is -2.27. The van der Waals surface area contributed by atoms with Crippen LogP contribution in [0.4, 0.5) is 0 Å². The van der Waals surface area contributed by atoms with Gasteiger partial charge in [-0.3, -0.25) is 0 Å². The first kappa shape index (κ1) is 8.63. The van der Waals surface area contributed by atoms with Crippen molar-refractivity contribution in [2.75, 3.05) is 20.1 Å². The van der Waals surface area contributed by atoms with Crippen molar-refractivity contribution < 1.29 is 0 Å². The van der Waals surface area contributed by atoms with E-state index in [0.29, 0.717) is 5.92 Å². The van der Waals surface area contributed by atoms with Crippen LogP contribution in [-0.4, -0.2) is 35.0 Å². The molecule has 0 aromatic carbocycles. The van der Waals surface area contributed by atoms with Gasteiger partial charge < -0.3 is 4.90 Å². The summed E-state index contributed by atoms with van der Waals surface area (Å²) in [6, 6.07) is 1.75. The third-order valence-electron chi connectivity index (χ3n) is 2.62. The summed E-state index contributed by atoms with van der Waals surface area (Å²) in [7, 11) is 2.16. The van der Waals surface area contributed by atoms with E-state index in [1.165, 1.54) is 12.8 Å². The van der Waals surface area contributed by atoms with Crippen molar-refractivity contribution in [3.05, 3.63) is 24.3 Å². The maximum Gasteiger partial charge on any atom is 0.132 e. The number of nitrogens with zero attached hydrogens (tertiary/aromatic N) is 3. The second kappa shape index (κ2) is 3.83. The standard InChI is InChI=1S/C10H14N3/c1-13-7-3-9(4-8-13)10-11-5-2-6-12-10/h2,5,9H,3-4,7-8H2,1H3. The molecule has 1 aromatic heterocycles. The predicted molar refractivity (Wildman–Crippen MR) is 50.3 cm³/mol. The highest BCUT2D eigenvalue weighted by molar-refractivity contribution is 4.98. The van der Waals surface area contributed by atoms with E-state index in [-0.39, 0.29) is 0 Å². The fourth-order valence-electron chi connectivity index (χ4n) is 1.74. The maximum atomic E-state index is 4.27. The van der Waals surface area contributed by atoms with Crippen molar-refractivity contribution in [1.29, 1.82) is 0 Å². The van der Waals surface area contributed by atoms with Gasteiger partial charge in [-0.15, -0.1) is 0 Å². The van der Waals surface area contributed by atoms with Crippen LogP contribution in [0.2, 0.25) is 0 Å². The van der Waals surface area contributed by atoms with E-state index in [2.05, 4.69) is 28.1 Å². The van der Waals surface area contributed by atoms with E-state index in [1.54, 1.807) is 12.3 Å². The topological polar surface area (TPSA) is 29.0 Å². The van der Waals surface area contributed by atoms with Gasteiger partial charge in [0.2, 0.25) is 0 Å². The Morgan fingerprint density at radius 3 is 2.85 bits per heavy atom. The van der Waals surface area contributed by atoms with Crippen LogP contribution in [0.15, 0.2) is 12.3 Å². The van der Waals surface area contributed by atoms with E-state index < -0.39 is 0 Å². The van der Waals surface area contributed by atoms with Crippen molar-refractivity contribution in [2.45, 2.75) is 18.8 Å². The molecule has 0 bridgehead atoms. The molecule has 3 heteroatoms. The fourth-order valence-corrected chi connectivity index (χ4v) is 1.74. The molecule has 1 aliphatic rings. The Bertz CT molecular complexity index is 252. The van der Waals surface area contributed by atoms with Crippen LogP contribution in [0.25, 0.3) is 0 Å². The summed E-state index contributed by atoms with van der Waals surface area (Å²) >= 11 is 0. The van der Waals surface area contributed by atoms with Crippen molar-refractivity contribution in [3.63, 3.8) is 0 Å². The number of hydrogen-bond donors (Lipinski definition) is 0. The second-order valence-corrected chi connectivity index (χ2v) is 3.62. The molecule has 2 heterocycles. The summed E-state index contributed by atoms with van der Waals surface area (Å²) in [5, 5.41) is 0. The number of likely N-dealkylation sites (tertiary alicyclic amines) is 1. The van der Waals surface area contributed by atoms with Crippen LogP contribution in [0.1, 0.15) is 24.6 Å². The molecule has 69 valence electrons. The molecule has 1 aromatic rings. The van der Waals surface area contributed by atoms with Crippen LogP contribution < -0.4 is 0 Å². The first-order valence-electron chi connectivity index (χ1n) is 4.74. The molecule has 0 atom stereocenters. The van der Waals surface area contributed by atoms with E-state index in [9.17, 15) is 0 Å². The zero-order valence-corrected chi connectivity index (χ0v) is 7.90. The molecule has 0 amide bonds. The van der Waals surface area contributed by atoms with Gasteiger partial charge in [0.15, 0.2) is 0 Å². The Morgan fingerprint density at radius 2 is 2.23 bits per heavy atom. The molecular weight excluding hydrogens is 162 g/mol. The van der Waals surface area contributed by atoms with Gasteiger partial charge in [0.25, 0.3) is 0 Å². The average molecular weight is 176 g/mol. The minimum absolute atomic E-state index is 0.550. The zero-order valence-electron chi connectivity index (χ0n) is 7.90. The molecule has 2 rings (SSSR count). The first-order valence-corrected chi connectivity index (χ1v) is 4.74. The highest BCUT2D eigenvalue weighted by Crippen LogP contribution is 2.23. The summed E-state index contributed by atoms with van der Waals surface area (Å²) in [4.78, 5) is 10.8. The summed E-state index contributed by atoms with van der Waals surface area (Å²) < 4.78 is 0. The highest BCUT2D eigenvalue weighted by atomic mass is 15.1. The minimum Gasteiger partial charge on any atom is -0.306 e. The van der Waals surface area contributed by atoms with Crippen molar-refractivity contribution in [1.82, 2.24) is 14.9 Å². The number of hydrogen-bond acceptors (Lipinski definition) is 3. The van der Waals surface area contributed by atoms with Crippen molar-refractivity contribution >= 4 is 0 Å². The third-order valence-corrected chi connectivity index (χ3v) is 2.62. The molecule has 13 heavy (non-hydrogen) atoms. The lowest BCUT2D eigenvalue weighted by atomic mass is 9.96. The van der Waals surface area contributed by atoms with Gasteiger partial charge >= 0.3 is 0 Å².